The second-order valence-electron chi connectivity index (χ2n) is 6.06. The Morgan fingerprint density at radius 2 is 2.00 bits per heavy atom. The van der Waals surface area contributed by atoms with Crippen LogP contribution in [0, 0.1) is 5.92 Å². The summed E-state index contributed by atoms with van der Waals surface area (Å²) in [6.45, 7) is 0.430. The van der Waals surface area contributed by atoms with Crippen LogP contribution in [0.4, 0.5) is 5.69 Å². The summed E-state index contributed by atoms with van der Waals surface area (Å²) in [7, 11) is 1.83. The number of hydrogen-bond donors (Lipinski definition) is 1. The smallest absolute Gasteiger partial charge is 0.249 e. The second-order valence-corrected chi connectivity index (χ2v) is 6.06. The molecule has 1 aromatic rings. The Balaban J connectivity index is 1.84. The van der Waals surface area contributed by atoms with Gasteiger partial charge in [0.15, 0.2) is 0 Å². The Bertz CT molecular complexity index is 534. The van der Waals surface area contributed by atoms with Gasteiger partial charge in [0.1, 0.15) is 6.04 Å². The number of nitrogens with zero attached hydrogens (tertiary/aromatic N) is 3. The van der Waals surface area contributed by atoms with Crippen LogP contribution in [0.3, 0.4) is 0 Å². The molecule has 0 spiro atoms. The highest BCUT2D eigenvalue weighted by molar-refractivity contribution is 6.01. The molecule has 1 N–H and O–H groups in total. The van der Waals surface area contributed by atoms with Gasteiger partial charge in [-0.3, -0.25) is 14.3 Å². The van der Waals surface area contributed by atoms with Crippen molar-refractivity contribution in [1.82, 2.24) is 15.1 Å². The monoisotopic (exact) mass is 290 g/mol. The van der Waals surface area contributed by atoms with Gasteiger partial charge in [-0.15, -0.1) is 0 Å². The van der Waals surface area contributed by atoms with Gasteiger partial charge in [0.2, 0.25) is 11.8 Å². The molecule has 1 unspecified atom stereocenters. The highest BCUT2D eigenvalue weighted by Crippen LogP contribution is 2.29. The number of amides is 2. The Hall–Kier alpha value is -1.85. The van der Waals surface area contributed by atoms with Crippen molar-refractivity contribution in [2.75, 3.05) is 11.4 Å². The van der Waals surface area contributed by atoms with E-state index in [1.165, 1.54) is 6.42 Å². The summed E-state index contributed by atoms with van der Waals surface area (Å²) in [5, 5.41) is 7.08. The summed E-state index contributed by atoms with van der Waals surface area (Å²) in [4.78, 5) is 26.5. The highest BCUT2D eigenvalue weighted by atomic mass is 16.2. The molecule has 0 bridgehead atoms. The van der Waals surface area contributed by atoms with Crippen LogP contribution >= 0.6 is 0 Å². The molecule has 1 saturated carbocycles. The van der Waals surface area contributed by atoms with E-state index in [4.69, 9.17) is 0 Å². The molecule has 1 saturated heterocycles. The molecule has 2 fully saturated rings. The fourth-order valence-corrected chi connectivity index (χ4v) is 3.39. The van der Waals surface area contributed by atoms with Gasteiger partial charge in [0.25, 0.3) is 0 Å². The van der Waals surface area contributed by atoms with Gasteiger partial charge in [-0.1, -0.05) is 19.3 Å². The van der Waals surface area contributed by atoms with Crippen LogP contribution in [0.2, 0.25) is 0 Å². The predicted octanol–water partition coefficient (Wildman–Crippen LogP) is 1.22. The second kappa shape index (κ2) is 5.87. The number of carbonyl (C=O) groups is 2. The van der Waals surface area contributed by atoms with Crippen molar-refractivity contribution >= 4 is 17.5 Å². The molecule has 2 heterocycles. The lowest BCUT2D eigenvalue weighted by molar-refractivity contribution is -0.127. The molecule has 0 aromatic carbocycles. The van der Waals surface area contributed by atoms with Crippen LogP contribution in [0.1, 0.15) is 38.5 Å². The highest BCUT2D eigenvalue weighted by Gasteiger charge is 2.36. The van der Waals surface area contributed by atoms with Crippen LogP contribution in [0.5, 0.6) is 0 Å². The van der Waals surface area contributed by atoms with Crippen LogP contribution in [-0.4, -0.2) is 34.2 Å². The third-order valence-corrected chi connectivity index (χ3v) is 4.54. The van der Waals surface area contributed by atoms with E-state index < -0.39 is 0 Å². The minimum absolute atomic E-state index is 0.0146. The summed E-state index contributed by atoms with van der Waals surface area (Å²) >= 11 is 0. The van der Waals surface area contributed by atoms with Crippen molar-refractivity contribution in [3.05, 3.63) is 12.4 Å². The van der Waals surface area contributed by atoms with Crippen molar-refractivity contribution < 1.29 is 9.59 Å². The van der Waals surface area contributed by atoms with E-state index in [0.29, 0.717) is 13.0 Å². The van der Waals surface area contributed by atoms with Crippen LogP contribution in [0.15, 0.2) is 12.4 Å². The average molecular weight is 290 g/mol. The molecule has 1 aliphatic carbocycles. The van der Waals surface area contributed by atoms with E-state index >= 15 is 0 Å². The third-order valence-electron chi connectivity index (χ3n) is 4.54. The van der Waals surface area contributed by atoms with Gasteiger partial charge in [-0.25, -0.2) is 0 Å². The largest absolute Gasteiger partial charge is 0.344 e. The maximum Gasteiger partial charge on any atom is 0.249 e. The molecular formula is C15H22N4O2. The summed E-state index contributed by atoms with van der Waals surface area (Å²) in [6.07, 6.45) is 9.45. The van der Waals surface area contributed by atoms with E-state index in [0.717, 1.165) is 31.4 Å². The number of aryl methyl sites for hydroxylation is 1. The van der Waals surface area contributed by atoms with Crippen LogP contribution in [0.25, 0.3) is 0 Å². The van der Waals surface area contributed by atoms with E-state index in [2.05, 4.69) is 10.4 Å². The molecule has 1 aliphatic heterocycles. The van der Waals surface area contributed by atoms with Crippen LogP contribution < -0.4 is 10.2 Å². The standard InChI is InChI=1S/C15H22N4O2/c1-18-10-12(9-16-18)19-8-7-13(20)17-14(15(19)21)11-5-3-2-4-6-11/h9-11,14H,2-8H2,1H3,(H,17,20). The van der Waals surface area contributed by atoms with Crippen molar-refractivity contribution in [1.29, 1.82) is 0 Å². The SMILES string of the molecule is Cn1cc(N2CCC(=O)NC(C3CCCCC3)C2=O)cn1. The first-order chi connectivity index (χ1) is 10.1. The molecule has 0 radical (unpaired) electrons. The number of carbonyl (C=O) groups excluding carboxylic acids is 2. The average Bonchev–Trinajstić information content (AvgIpc) is 2.85. The predicted molar refractivity (Wildman–Crippen MR) is 78.7 cm³/mol. The minimum Gasteiger partial charge on any atom is -0.344 e. The molecule has 3 rings (SSSR count). The Labute approximate surface area is 124 Å². The molecule has 1 atom stereocenters. The minimum atomic E-state index is -0.375. The van der Waals surface area contributed by atoms with E-state index in [1.54, 1.807) is 15.8 Å². The zero-order chi connectivity index (χ0) is 14.8. The quantitative estimate of drug-likeness (QED) is 0.890. The fourth-order valence-electron chi connectivity index (χ4n) is 3.39. The summed E-state index contributed by atoms with van der Waals surface area (Å²) in [5.41, 5.74) is 0.778. The van der Waals surface area contributed by atoms with E-state index in [-0.39, 0.29) is 23.8 Å². The zero-order valence-electron chi connectivity index (χ0n) is 12.4. The van der Waals surface area contributed by atoms with Gasteiger partial charge in [0, 0.05) is 26.2 Å². The maximum atomic E-state index is 12.9. The number of nitrogens with one attached hydrogen (secondary N) is 1. The topological polar surface area (TPSA) is 67.2 Å². The van der Waals surface area contributed by atoms with E-state index in [1.807, 2.05) is 13.2 Å². The van der Waals surface area contributed by atoms with Gasteiger partial charge < -0.3 is 10.2 Å². The van der Waals surface area contributed by atoms with Crippen molar-refractivity contribution in [2.24, 2.45) is 13.0 Å². The van der Waals surface area contributed by atoms with Gasteiger partial charge in [0.05, 0.1) is 11.9 Å². The van der Waals surface area contributed by atoms with Crippen molar-refractivity contribution in [2.45, 2.75) is 44.6 Å². The first kappa shape index (κ1) is 14.1. The normalized spacial score (nSPS) is 24.8. The summed E-state index contributed by atoms with van der Waals surface area (Å²) < 4.78 is 1.68. The lowest BCUT2D eigenvalue weighted by atomic mass is 9.83. The Morgan fingerprint density at radius 1 is 1.24 bits per heavy atom. The van der Waals surface area contributed by atoms with Gasteiger partial charge >= 0.3 is 0 Å². The zero-order valence-corrected chi connectivity index (χ0v) is 12.4. The summed E-state index contributed by atoms with van der Waals surface area (Å²) in [6, 6.07) is -0.375. The molecule has 2 aliphatic rings. The lowest BCUT2D eigenvalue weighted by Gasteiger charge is -2.31. The number of anilines is 1. The lowest BCUT2D eigenvalue weighted by Crippen LogP contribution is -2.49. The number of aromatic nitrogens is 2. The molecule has 114 valence electrons. The molecule has 21 heavy (non-hydrogen) atoms. The van der Waals surface area contributed by atoms with Crippen molar-refractivity contribution in [3.8, 4) is 0 Å². The van der Waals surface area contributed by atoms with Gasteiger partial charge in [-0.05, 0) is 18.8 Å². The molecule has 2 amide bonds. The maximum absolute atomic E-state index is 12.9. The first-order valence-corrected chi connectivity index (χ1v) is 7.74. The molecular weight excluding hydrogens is 268 g/mol. The number of rotatable bonds is 2. The first-order valence-electron chi connectivity index (χ1n) is 7.74. The van der Waals surface area contributed by atoms with Crippen molar-refractivity contribution in [3.63, 3.8) is 0 Å². The van der Waals surface area contributed by atoms with E-state index in [9.17, 15) is 9.59 Å². The Morgan fingerprint density at radius 3 is 2.67 bits per heavy atom. The number of hydrogen-bond acceptors (Lipinski definition) is 3. The van der Waals surface area contributed by atoms with Crippen LogP contribution in [-0.2, 0) is 16.6 Å². The third kappa shape index (κ3) is 2.94. The van der Waals surface area contributed by atoms with Gasteiger partial charge in [-0.2, -0.15) is 5.10 Å². The fraction of sp³-hybridized carbons (Fsp3) is 0.667. The molecule has 6 heteroatoms. The molecule has 1 aromatic heterocycles. The Kier molecular flexibility index (Phi) is 3.94. The summed E-state index contributed by atoms with van der Waals surface area (Å²) in [5.74, 6) is 0.263. The molecule has 6 nitrogen and oxygen atoms in total.